The van der Waals surface area contributed by atoms with E-state index in [0.717, 1.165) is 16.7 Å². The Morgan fingerprint density at radius 1 is 1.06 bits per heavy atom. The SMILES string of the molecule is Cc1cccc(NC(=O)/C(C#N)=C/c2cc(Cl)cc(Cl)c2OCc2cccc(Cl)c2)c1C. The van der Waals surface area contributed by atoms with Crippen molar-refractivity contribution < 1.29 is 9.53 Å². The van der Waals surface area contributed by atoms with Crippen molar-refractivity contribution in [3.8, 4) is 11.8 Å². The van der Waals surface area contributed by atoms with E-state index in [4.69, 9.17) is 39.5 Å². The molecule has 0 atom stereocenters. The number of nitriles is 1. The van der Waals surface area contributed by atoms with Crippen LogP contribution in [0.15, 0.2) is 60.2 Å². The number of rotatable bonds is 6. The number of carbonyl (C=O) groups excluding carboxylic acids is 1. The molecule has 4 nitrogen and oxygen atoms in total. The van der Waals surface area contributed by atoms with Gasteiger partial charge in [0.05, 0.1) is 5.02 Å². The Morgan fingerprint density at radius 3 is 2.53 bits per heavy atom. The van der Waals surface area contributed by atoms with Gasteiger partial charge in [-0.3, -0.25) is 4.79 Å². The number of anilines is 1. The summed E-state index contributed by atoms with van der Waals surface area (Å²) >= 11 is 18.6. The zero-order valence-corrected chi connectivity index (χ0v) is 19.6. The minimum Gasteiger partial charge on any atom is -0.487 e. The highest BCUT2D eigenvalue weighted by Crippen LogP contribution is 2.35. The van der Waals surface area contributed by atoms with E-state index in [1.165, 1.54) is 12.1 Å². The summed E-state index contributed by atoms with van der Waals surface area (Å²) in [5.74, 6) is -0.235. The fourth-order valence-corrected chi connectivity index (χ4v) is 3.78. The van der Waals surface area contributed by atoms with E-state index >= 15 is 0 Å². The molecular weight excluding hydrogens is 467 g/mol. The minimum atomic E-state index is -0.543. The molecule has 0 aliphatic heterocycles. The number of amides is 1. The predicted octanol–water partition coefficient (Wildman–Crippen LogP) is 7.39. The summed E-state index contributed by atoms with van der Waals surface area (Å²) in [6.45, 7) is 4.04. The van der Waals surface area contributed by atoms with Gasteiger partial charge in [-0.15, -0.1) is 0 Å². The first-order valence-corrected chi connectivity index (χ1v) is 10.8. The van der Waals surface area contributed by atoms with Crippen LogP contribution < -0.4 is 10.1 Å². The number of hydrogen-bond donors (Lipinski definition) is 1. The minimum absolute atomic E-state index is 0.114. The second kappa shape index (κ2) is 10.6. The molecule has 0 fully saturated rings. The van der Waals surface area contributed by atoms with Crippen molar-refractivity contribution in [1.29, 1.82) is 5.26 Å². The molecule has 0 radical (unpaired) electrons. The van der Waals surface area contributed by atoms with Crippen molar-refractivity contribution in [2.45, 2.75) is 20.5 Å². The zero-order chi connectivity index (χ0) is 23.3. The number of nitrogens with zero attached hydrogens (tertiary/aromatic N) is 1. The highest BCUT2D eigenvalue weighted by molar-refractivity contribution is 6.36. The number of hydrogen-bond acceptors (Lipinski definition) is 3. The van der Waals surface area contributed by atoms with Gasteiger partial charge in [0, 0.05) is 21.3 Å². The molecule has 0 aliphatic rings. The van der Waals surface area contributed by atoms with E-state index < -0.39 is 5.91 Å². The van der Waals surface area contributed by atoms with Crippen LogP contribution in [0.3, 0.4) is 0 Å². The van der Waals surface area contributed by atoms with E-state index in [9.17, 15) is 10.1 Å². The fourth-order valence-electron chi connectivity index (χ4n) is 3.00. The Morgan fingerprint density at radius 2 is 1.81 bits per heavy atom. The largest absolute Gasteiger partial charge is 0.487 e. The van der Waals surface area contributed by atoms with Crippen LogP contribution in [0.2, 0.25) is 15.1 Å². The van der Waals surface area contributed by atoms with E-state index in [-0.39, 0.29) is 17.2 Å². The molecule has 3 aromatic rings. The van der Waals surface area contributed by atoms with Crippen molar-refractivity contribution in [3.05, 3.63) is 97.5 Å². The van der Waals surface area contributed by atoms with E-state index in [2.05, 4.69) is 5.32 Å². The molecule has 3 rings (SSSR count). The van der Waals surface area contributed by atoms with Gasteiger partial charge in [0.25, 0.3) is 5.91 Å². The van der Waals surface area contributed by atoms with Gasteiger partial charge in [-0.05, 0) is 66.9 Å². The molecule has 0 aliphatic carbocycles. The van der Waals surface area contributed by atoms with Gasteiger partial charge in [-0.1, -0.05) is 59.1 Å². The van der Waals surface area contributed by atoms with E-state index in [1.54, 1.807) is 24.3 Å². The Bertz CT molecular complexity index is 1250. The van der Waals surface area contributed by atoms with Crippen molar-refractivity contribution in [2.24, 2.45) is 0 Å². The molecule has 0 heterocycles. The van der Waals surface area contributed by atoms with Crippen molar-refractivity contribution in [2.75, 3.05) is 5.32 Å². The van der Waals surface area contributed by atoms with E-state index in [0.29, 0.717) is 27.0 Å². The average Bonchev–Trinajstić information content (AvgIpc) is 2.74. The fraction of sp³-hybridized carbons (Fsp3) is 0.120. The Balaban J connectivity index is 1.91. The van der Waals surface area contributed by atoms with Crippen LogP contribution in [0.4, 0.5) is 5.69 Å². The van der Waals surface area contributed by atoms with E-state index in [1.807, 2.05) is 44.2 Å². The van der Waals surface area contributed by atoms with Crippen molar-refractivity contribution in [1.82, 2.24) is 0 Å². The summed E-state index contributed by atoms with van der Waals surface area (Å²) in [6.07, 6.45) is 1.41. The van der Waals surface area contributed by atoms with Gasteiger partial charge in [-0.25, -0.2) is 0 Å². The third kappa shape index (κ3) is 5.83. The molecule has 3 aromatic carbocycles. The quantitative estimate of drug-likeness (QED) is 0.292. The lowest BCUT2D eigenvalue weighted by Gasteiger charge is -2.13. The average molecular weight is 486 g/mol. The predicted molar refractivity (Wildman–Crippen MR) is 130 cm³/mol. The zero-order valence-electron chi connectivity index (χ0n) is 17.4. The summed E-state index contributed by atoms with van der Waals surface area (Å²) in [4.78, 5) is 12.8. The van der Waals surface area contributed by atoms with Gasteiger partial charge in [-0.2, -0.15) is 5.26 Å². The first-order valence-electron chi connectivity index (χ1n) is 9.64. The number of ether oxygens (including phenoxy) is 1. The molecule has 0 unspecified atom stereocenters. The molecule has 0 aromatic heterocycles. The van der Waals surface area contributed by atoms with Crippen LogP contribution in [0.1, 0.15) is 22.3 Å². The topological polar surface area (TPSA) is 62.1 Å². The number of halogens is 3. The van der Waals surface area contributed by atoms with Crippen molar-refractivity contribution >= 4 is 52.5 Å². The monoisotopic (exact) mass is 484 g/mol. The Hall–Kier alpha value is -2.97. The van der Waals surface area contributed by atoms with Crippen LogP contribution in [-0.2, 0) is 11.4 Å². The molecule has 0 spiro atoms. The lowest BCUT2D eigenvalue weighted by Crippen LogP contribution is -2.14. The molecule has 32 heavy (non-hydrogen) atoms. The maximum Gasteiger partial charge on any atom is 0.266 e. The molecule has 1 amide bonds. The first kappa shape index (κ1) is 23.7. The normalized spacial score (nSPS) is 11.1. The van der Waals surface area contributed by atoms with Crippen molar-refractivity contribution in [3.63, 3.8) is 0 Å². The van der Waals surface area contributed by atoms with Crippen LogP contribution >= 0.6 is 34.8 Å². The third-order valence-electron chi connectivity index (χ3n) is 4.83. The highest BCUT2D eigenvalue weighted by Gasteiger charge is 2.15. The molecule has 7 heteroatoms. The maximum atomic E-state index is 12.8. The number of benzene rings is 3. The Labute approximate surface area is 202 Å². The summed E-state index contributed by atoms with van der Waals surface area (Å²) in [6, 6.07) is 17.9. The summed E-state index contributed by atoms with van der Waals surface area (Å²) in [7, 11) is 0. The second-order valence-corrected chi connectivity index (χ2v) is 8.38. The third-order valence-corrected chi connectivity index (χ3v) is 5.56. The van der Waals surface area contributed by atoms with Gasteiger partial charge in [0.2, 0.25) is 0 Å². The first-order chi connectivity index (χ1) is 15.3. The van der Waals surface area contributed by atoms with Crippen LogP contribution in [-0.4, -0.2) is 5.91 Å². The number of nitrogens with one attached hydrogen (secondary N) is 1. The number of aryl methyl sites for hydroxylation is 1. The second-order valence-electron chi connectivity index (χ2n) is 7.10. The van der Waals surface area contributed by atoms with Crippen LogP contribution in [0, 0.1) is 25.2 Å². The smallest absolute Gasteiger partial charge is 0.266 e. The molecule has 0 saturated heterocycles. The van der Waals surface area contributed by atoms with Gasteiger partial charge in [0.15, 0.2) is 0 Å². The molecular formula is C25H19Cl3N2O2. The Kier molecular flexibility index (Phi) is 7.82. The maximum absolute atomic E-state index is 12.8. The number of carbonyl (C=O) groups is 1. The summed E-state index contributed by atoms with van der Waals surface area (Å²) < 4.78 is 5.91. The van der Waals surface area contributed by atoms with Crippen LogP contribution in [0.5, 0.6) is 5.75 Å². The van der Waals surface area contributed by atoms with Gasteiger partial charge in [0.1, 0.15) is 24.0 Å². The molecule has 0 bridgehead atoms. The summed E-state index contributed by atoms with van der Waals surface area (Å²) in [5.41, 5.74) is 3.73. The van der Waals surface area contributed by atoms with Gasteiger partial charge < -0.3 is 10.1 Å². The lowest BCUT2D eigenvalue weighted by atomic mass is 10.1. The molecule has 1 N–H and O–H groups in total. The molecule has 0 saturated carbocycles. The standard InChI is InChI=1S/C25H19Cl3N2O2/c1-15-5-3-8-23(16(15)2)30-25(31)19(13-29)10-18-11-21(27)12-22(28)24(18)32-14-17-6-4-7-20(26)9-17/h3-12H,14H2,1-2H3,(H,30,31)/b19-10+. The lowest BCUT2D eigenvalue weighted by molar-refractivity contribution is -0.112. The van der Waals surface area contributed by atoms with Crippen LogP contribution in [0.25, 0.3) is 6.08 Å². The molecule has 162 valence electrons. The highest BCUT2D eigenvalue weighted by atomic mass is 35.5. The summed E-state index contributed by atoms with van der Waals surface area (Å²) in [5, 5.41) is 13.6. The van der Waals surface area contributed by atoms with Gasteiger partial charge >= 0.3 is 0 Å².